The largest absolute Gasteiger partial charge is 0.494 e. The molecule has 2 saturated heterocycles. The van der Waals surface area contributed by atoms with Gasteiger partial charge in [-0.1, -0.05) is 0 Å². The van der Waals surface area contributed by atoms with Crippen LogP contribution in [0.25, 0.3) is 0 Å². The van der Waals surface area contributed by atoms with E-state index in [4.69, 9.17) is 4.74 Å². The van der Waals surface area contributed by atoms with E-state index in [0.29, 0.717) is 19.7 Å². The first-order chi connectivity index (χ1) is 16.0. The van der Waals surface area contributed by atoms with Gasteiger partial charge >= 0.3 is 0 Å². The molecule has 8 nitrogen and oxygen atoms in total. The first-order valence-corrected chi connectivity index (χ1v) is 12.3. The molecule has 2 N–H and O–H groups in total. The Morgan fingerprint density at radius 3 is 2.45 bits per heavy atom. The van der Waals surface area contributed by atoms with Crippen LogP contribution in [-0.2, 0) is 9.59 Å². The molecule has 0 aromatic heterocycles. The van der Waals surface area contributed by atoms with Crippen LogP contribution in [0.4, 0.5) is 0 Å². The Bertz CT molecular complexity index is 825. The lowest BCUT2D eigenvalue weighted by atomic mass is 10.1. The molecule has 0 spiro atoms. The van der Waals surface area contributed by atoms with Gasteiger partial charge in [-0.3, -0.25) is 19.3 Å². The van der Waals surface area contributed by atoms with Gasteiger partial charge in [0.25, 0.3) is 0 Å². The number of nitrogens with zero attached hydrogens (tertiary/aromatic N) is 2. The maximum Gasteiger partial charge on any atom is 0.244 e. The van der Waals surface area contributed by atoms with Crippen LogP contribution < -0.4 is 15.4 Å². The molecule has 3 aliphatic rings. The normalized spacial score (nSPS) is 22.1. The van der Waals surface area contributed by atoms with E-state index in [1.54, 1.807) is 6.92 Å². The van der Waals surface area contributed by atoms with Gasteiger partial charge in [0.15, 0.2) is 5.78 Å². The average molecular weight is 457 g/mol. The number of hydrogen-bond donors (Lipinski definition) is 2. The minimum atomic E-state index is -0.495. The summed E-state index contributed by atoms with van der Waals surface area (Å²) >= 11 is 0. The number of carbonyl (C=O) groups is 3. The number of nitrogens with one attached hydrogen (secondary N) is 2. The number of benzene rings is 1. The molecule has 0 radical (unpaired) electrons. The van der Waals surface area contributed by atoms with Gasteiger partial charge in [-0.05, 0) is 69.8 Å². The Morgan fingerprint density at radius 2 is 1.82 bits per heavy atom. The molecule has 33 heavy (non-hydrogen) atoms. The molecule has 0 bridgehead atoms. The highest BCUT2D eigenvalue weighted by Gasteiger charge is 2.30. The number of carbonyl (C=O) groups excluding carboxylic acids is 3. The average Bonchev–Trinajstić information content (AvgIpc) is 3.54. The van der Waals surface area contributed by atoms with Crippen molar-refractivity contribution in [1.82, 2.24) is 20.4 Å². The fraction of sp³-hybridized carbons (Fsp3) is 0.640. The van der Waals surface area contributed by atoms with Gasteiger partial charge in [-0.25, -0.2) is 0 Å². The molecular weight excluding hydrogens is 420 g/mol. The minimum Gasteiger partial charge on any atom is -0.494 e. The molecule has 3 fully saturated rings. The predicted molar refractivity (Wildman–Crippen MR) is 125 cm³/mol. The molecule has 1 saturated carbocycles. The monoisotopic (exact) mass is 456 g/mol. The third-order valence-electron chi connectivity index (χ3n) is 6.76. The Morgan fingerprint density at radius 1 is 1.09 bits per heavy atom. The second-order valence-electron chi connectivity index (χ2n) is 9.41. The molecule has 1 aromatic rings. The van der Waals surface area contributed by atoms with Crippen molar-refractivity contribution < 1.29 is 19.1 Å². The van der Waals surface area contributed by atoms with E-state index in [1.807, 2.05) is 29.2 Å². The molecule has 2 atom stereocenters. The zero-order valence-corrected chi connectivity index (χ0v) is 19.6. The van der Waals surface area contributed by atoms with Crippen molar-refractivity contribution in [3.05, 3.63) is 29.8 Å². The summed E-state index contributed by atoms with van der Waals surface area (Å²) < 4.78 is 5.83. The van der Waals surface area contributed by atoms with Crippen molar-refractivity contribution in [3.8, 4) is 5.75 Å². The zero-order chi connectivity index (χ0) is 23.2. The number of Topliss-reactive ketones (excluding diaryl/α,β-unsaturated/α-hetero) is 1. The van der Waals surface area contributed by atoms with Crippen LogP contribution >= 0.6 is 0 Å². The topological polar surface area (TPSA) is 91.0 Å². The van der Waals surface area contributed by atoms with Crippen molar-refractivity contribution in [1.29, 1.82) is 0 Å². The molecule has 2 amide bonds. The lowest BCUT2D eigenvalue weighted by Crippen LogP contribution is -2.55. The minimum absolute atomic E-state index is 0.00653. The SMILES string of the molecule is CC(NC(=O)C1CCCN1)C(=O)N1CCN(CCCOc2ccc(C(=O)C3CC3)cc2)CC1. The van der Waals surface area contributed by atoms with Crippen molar-refractivity contribution in [2.45, 2.75) is 51.1 Å². The van der Waals surface area contributed by atoms with Crippen LogP contribution in [0.3, 0.4) is 0 Å². The molecule has 8 heteroatoms. The summed E-state index contributed by atoms with van der Waals surface area (Å²) in [5, 5.41) is 6.03. The number of ketones is 1. The quantitative estimate of drug-likeness (QED) is 0.409. The Hall–Kier alpha value is -2.45. The predicted octanol–water partition coefficient (Wildman–Crippen LogP) is 1.45. The van der Waals surface area contributed by atoms with Crippen LogP contribution in [0.2, 0.25) is 0 Å². The van der Waals surface area contributed by atoms with E-state index in [2.05, 4.69) is 15.5 Å². The second kappa shape index (κ2) is 11.1. The highest BCUT2D eigenvalue weighted by Crippen LogP contribution is 2.32. The van der Waals surface area contributed by atoms with Crippen molar-refractivity contribution in [3.63, 3.8) is 0 Å². The molecular formula is C25H36N4O4. The Labute approximate surface area is 196 Å². The standard InChI is InChI=1S/C25H36N4O4/c1-18(27-24(31)22-4-2-11-26-22)25(32)29-15-13-28(14-16-29)12-3-17-33-21-9-7-20(8-10-21)23(30)19-5-6-19/h7-10,18-19,22,26H,2-6,11-17H2,1H3,(H,27,31). The smallest absolute Gasteiger partial charge is 0.244 e. The zero-order valence-electron chi connectivity index (χ0n) is 19.6. The van der Waals surface area contributed by atoms with Crippen molar-refractivity contribution in [2.75, 3.05) is 45.9 Å². The summed E-state index contributed by atoms with van der Waals surface area (Å²) in [5.41, 5.74) is 0.779. The van der Waals surface area contributed by atoms with E-state index >= 15 is 0 Å². The van der Waals surface area contributed by atoms with Crippen molar-refractivity contribution >= 4 is 17.6 Å². The molecule has 1 aromatic carbocycles. The summed E-state index contributed by atoms with van der Waals surface area (Å²) in [6.07, 6.45) is 4.78. The second-order valence-corrected chi connectivity index (χ2v) is 9.41. The third kappa shape index (κ3) is 6.54. The fourth-order valence-corrected chi connectivity index (χ4v) is 4.52. The highest BCUT2D eigenvalue weighted by molar-refractivity contribution is 5.99. The summed E-state index contributed by atoms with van der Waals surface area (Å²) in [4.78, 5) is 41.2. The van der Waals surface area contributed by atoms with Crippen LogP contribution in [0, 0.1) is 5.92 Å². The van der Waals surface area contributed by atoms with Gasteiger partial charge in [0, 0.05) is 44.2 Å². The molecule has 2 aliphatic heterocycles. The Balaban J connectivity index is 1.10. The fourth-order valence-electron chi connectivity index (χ4n) is 4.52. The van der Waals surface area contributed by atoms with Gasteiger partial charge in [0.1, 0.15) is 11.8 Å². The maximum absolute atomic E-state index is 12.7. The van der Waals surface area contributed by atoms with Crippen molar-refractivity contribution in [2.24, 2.45) is 5.92 Å². The van der Waals surface area contributed by atoms with Gasteiger partial charge in [0.2, 0.25) is 11.8 Å². The summed E-state index contributed by atoms with van der Waals surface area (Å²) in [6, 6.07) is 6.82. The third-order valence-corrected chi connectivity index (χ3v) is 6.76. The van der Waals surface area contributed by atoms with Gasteiger partial charge in [0.05, 0.1) is 12.6 Å². The lowest BCUT2D eigenvalue weighted by molar-refractivity contribution is -0.137. The van der Waals surface area contributed by atoms with Gasteiger partial charge < -0.3 is 20.3 Å². The molecule has 4 rings (SSSR count). The van der Waals surface area contributed by atoms with Crippen LogP contribution in [-0.4, -0.2) is 85.4 Å². The summed E-state index contributed by atoms with van der Waals surface area (Å²) in [7, 11) is 0. The number of ether oxygens (including phenoxy) is 1. The highest BCUT2D eigenvalue weighted by atomic mass is 16.5. The van der Waals surface area contributed by atoms with Crippen LogP contribution in [0.1, 0.15) is 49.4 Å². The number of piperazine rings is 1. The summed E-state index contributed by atoms with van der Waals surface area (Å²) in [5.74, 6) is 1.20. The van der Waals surface area contributed by atoms with E-state index in [1.165, 1.54) is 0 Å². The number of rotatable bonds is 10. The van der Waals surface area contributed by atoms with Gasteiger partial charge in [-0.15, -0.1) is 0 Å². The first-order valence-electron chi connectivity index (χ1n) is 12.3. The number of hydrogen-bond acceptors (Lipinski definition) is 6. The maximum atomic E-state index is 12.7. The van der Waals surface area contributed by atoms with E-state index in [-0.39, 0.29) is 29.6 Å². The molecule has 2 heterocycles. The lowest BCUT2D eigenvalue weighted by Gasteiger charge is -2.36. The molecule has 2 unspecified atom stereocenters. The Kier molecular flexibility index (Phi) is 7.98. The van der Waals surface area contributed by atoms with E-state index < -0.39 is 6.04 Å². The first kappa shape index (κ1) is 23.7. The van der Waals surface area contributed by atoms with E-state index in [0.717, 1.165) is 69.6 Å². The van der Waals surface area contributed by atoms with Crippen LogP contribution in [0.5, 0.6) is 5.75 Å². The molecule has 180 valence electrons. The van der Waals surface area contributed by atoms with Crippen LogP contribution in [0.15, 0.2) is 24.3 Å². The number of amides is 2. The summed E-state index contributed by atoms with van der Waals surface area (Å²) in [6.45, 7) is 7.18. The van der Waals surface area contributed by atoms with Gasteiger partial charge in [-0.2, -0.15) is 0 Å². The van der Waals surface area contributed by atoms with E-state index in [9.17, 15) is 14.4 Å². The molecule has 1 aliphatic carbocycles.